The molecule has 2 aliphatic heterocycles. The fourth-order valence-electron chi connectivity index (χ4n) is 4.81. The Morgan fingerprint density at radius 3 is 2.31 bits per heavy atom. The molecule has 7 atom stereocenters. The summed E-state index contributed by atoms with van der Waals surface area (Å²) in [5, 5.41) is 48.8. The molecule has 1 aromatic carbocycles. The third kappa shape index (κ3) is 5.40. The van der Waals surface area contributed by atoms with E-state index in [4.69, 9.17) is 19.3 Å². The molecule has 35 heavy (non-hydrogen) atoms. The first-order chi connectivity index (χ1) is 16.3. The third-order valence-electron chi connectivity index (χ3n) is 7.37. The molecule has 10 heteroatoms. The van der Waals surface area contributed by atoms with Gasteiger partial charge in [0.05, 0.1) is 5.92 Å². The van der Waals surface area contributed by atoms with Gasteiger partial charge in [-0.15, -0.1) is 0 Å². The summed E-state index contributed by atoms with van der Waals surface area (Å²) in [6.45, 7) is 9.27. The fourth-order valence-corrected chi connectivity index (χ4v) is 4.81. The average molecular weight is 497 g/mol. The average Bonchev–Trinajstić information content (AvgIpc) is 2.79. The smallest absolute Gasteiger partial charge is 0.335 e. The molecule has 10 nitrogen and oxygen atoms in total. The second-order valence-electron chi connectivity index (χ2n) is 10.0. The maximum Gasteiger partial charge on any atom is 0.335 e. The van der Waals surface area contributed by atoms with Gasteiger partial charge in [-0.1, -0.05) is 6.92 Å². The molecule has 1 fully saturated rings. The highest BCUT2D eigenvalue weighted by atomic mass is 16.7. The molecule has 1 saturated heterocycles. The van der Waals surface area contributed by atoms with Crippen molar-refractivity contribution < 1.29 is 49.3 Å². The van der Waals surface area contributed by atoms with E-state index in [2.05, 4.69) is 0 Å². The van der Waals surface area contributed by atoms with Crippen LogP contribution in [0.4, 0.5) is 0 Å². The molecule has 0 spiro atoms. The number of carboxylic acids is 2. The number of hydrogen-bond acceptors (Lipinski definition) is 8. The highest BCUT2D eigenvalue weighted by molar-refractivity contribution is 5.73. The first-order valence-corrected chi connectivity index (χ1v) is 11.9. The quantitative estimate of drug-likeness (QED) is 0.359. The van der Waals surface area contributed by atoms with Crippen LogP contribution in [0.3, 0.4) is 0 Å². The normalized spacial score (nSPS) is 31.3. The summed E-state index contributed by atoms with van der Waals surface area (Å²) in [4.78, 5) is 22.5. The predicted molar refractivity (Wildman–Crippen MR) is 124 cm³/mol. The number of carbonyl (C=O) groups is 2. The lowest BCUT2D eigenvalue weighted by molar-refractivity contribution is -0.271. The predicted octanol–water partition coefficient (Wildman–Crippen LogP) is 1.86. The summed E-state index contributed by atoms with van der Waals surface area (Å²) in [6, 6.07) is 0. The maximum atomic E-state index is 11.4. The molecule has 0 aromatic heterocycles. The number of fused-ring (bicyclic) bond motifs is 1. The van der Waals surface area contributed by atoms with Gasteiger partial charge in [-0.2, -0.15) is 0 Å². The topological polar surface area (TPSA) is 163 Å². The molecule has 3 rings (SSSR count). The van der Waals surface area contributed by atoms with Crippen molar-refractivity contribution in [2.75, 3.05) is 0 Å². The van der Waals surface area contributed by atoms with E-state index in [9.17, 15) is 30.0 Å². The second kappa shape index (κ2) is 10.3. The first kappa shape index (κ1) is 27.2. The number of ether oxygens (including phenoxy) is 3. The summed E-state index contributed by atoms with van der Waals surface area (Å²) < 4.78 is 17.7. The van der Waals surface area contributed by atoms with Crippen LogP contribution in [0.5, 0.6) is 11.5 Å². The molecule has 2 aliphatic rings. The fraction of sp³-hybridized carbons (Fsp3) is 0.680. The van der Waals surface area contributed by atoms with Crippen LogP contribution < -0.4 is 9.47 Å². The standard InChI is InChI=1S/C25H36O10/c1-11(22(29)30)7-6-9-25(5)10-8-15-14(4)19(12(2)13(3)20(15)35-25)33-24-18(28)16(26)17(27)21(34-24)23(31)32/h11,16-18,21,24,26-28H,6-10H2,1-5H3,(H,29,30)(H,31,32)/t11?,16-,17?,18?,21-,24+,25?/m1/s1. The molecule has 0 bridgehead atoms. The van der Waals surface area contributed by atoms with Gasteiger partial charge in [0.2, 0.25) is 6.29 Å². The van der Waals surface area contributed by atoms with Crippen molar-refractivity contribution in [2.45, 2.75) is 103 Å². The lowest BCUT2D eigenvalue weighted by Crippen LogP contribution is -2.61. The van der Waals surface area contributed by atoms with Crippen molar-refractivity contribution >= 4 is 11.9 Å². The van der Waals surface area contributed by atoms with E-state index in [0.29, 0.717) is 24.2 Å². The van der Waals surface area contributed by atoms with Gasteiger partial charge in [-0.05, 0) is 76.5 Å². The van der Waals surface area contributed by atoms with Crippen molar-refractivity contribution in [1.29, 1.82) is 0 Å². The van der Waals surface area contributed by atoms with Crippen LogP contribution in [0.15, 0.2) is 0 Å². The zero-order valence-electron chi connectivity index (χ0n) is 20.8. The molecule has 196 valence electrons. The van der Waals surface area contributed by atoms with Crippen LogP contribution >= 0.6 is 0 Å². The Morgan fingerprint density at radius 2 is 1.71 bits per heavy atom. The summed E-state index contributed by atoms with van der Waals surface area (Å²) in [7, 11) is 0. The van der Waals surface area contributed by atoms with E-state index in [1.807, 2.05) is 27.7 Å². The lowest BCUT2D eigenvalue weighted by atomic mass is 9.84. The Kier molecular flexibility index (Phi) is 8.00. The van der Waals surface area contributed by atoms with Gasteiger partial charge in [0.25, 0.3) is 0 Å². The van der Waals surface area contributed by atoms with Gasteiger partial charge in [0, 0.05) is 5.56 Å². The van der Waals surface area contributed by atoms with E-state index in [0.717, 1.165) is 41.7 Å². The number of aliphatic hydroxyl groups excluding tert-OH is 3. The summed E-state index contributed by atoms with van der Waals surface area (Å²) >= 11 is 0. The zero-order chi connectivity index (χ0) is 26.2. The highest BCUT2D eigenvalue weighted by Crippen LogP contribution is 2.45. The van der Waals surface area contributed by atoms with E-state index >= 15 is 0 Å². The molecule has 4 unspecified atom stereocenters. The minimum Gasteiger partial charge on any atom is -0.487 e. The van der Waals surface area contributed by atoms with Crippen molar-refractivity contribution in [3.63, 3.8) is 0 Å². The molecular weight excluding hydrogens is 460 g/mol. The number of carboxylic acid groups (broad SMARTS) is 2. The monoisotopic (exact) mass is 496 g/mol. The van der Waals surface area contributed by atoms with E-state index in [1.54, 1.807) is 6.92 Å². The first-order valence-electron chi connectivity index (χ1n) is 11.9. The van der Waals surface area contributed by atoms with Crippen molar-refractivity contribution in [3.8, 4) is 11.5 Å². The van der Waals surface area contributed by atoms with E-state index in [1.165, 1.54) is 0 Å². The molecule has 0 aliphatic carbocycles. The van der Waals surface area contributed by atoms with Crippen LogP contribution in [0.2, 0.25) is 0 Å². The Labute approximate surface area is 204 Å². The number of hydrogen-bond donors (Lipinski definition) is 5. The van der Waals surface area contributed by atoms with Crippen LogP contribution in [0.1, 0.15) is 61.8 Å². The van der Waals surface area contributed by atoms with Gasteiger partial charge in [-0.3, -0.25) is 4.79 Å². The van der Waals surface area contributed by atoms with Crippen molar-refractivity contribution in [2.24, 2.45) is 5.92 Å². The Balaban J connectivity index is 1.82. The van der Waals surface area contributed by atoms with Gasteiger partial charge in [-0.25, -0.2) is 4.79 Å². The Bertz CT molecular complexity index is 976. The third-order valence-corrected chi connectivity index (χ3v) is 7.37. The molecule has 5 N–H and O–H groups in total. The van der Waals surface area contributed by atoms with Gasteiger partial charge in [0.1, 0.15) is 35.4 Å². The Morgan fingerprint density at radius 1 is 1.06 bits per heavy atom. The van der Waals surface area contributed by atoms with Crippen LogP contribution in [0, 0.1) is 26.7 Å². The minimum absolute atomic E-state index is 0.403. The van der Waals surface area contributed by atoms with E-state index < -0.39 is 54.2 Å². The second-order valence-corrected chi connectivity index (χ2v) is 10.0. The molecule has 0 saturated carbocycles. The van der Waals surface area contributed by atoms with Gasteiger partial charge >= 0.3 is 11.9 Å². The molecule has 0 amide bonds. The lowest BCUT2D eigenvalue weighted by Gasteiger charge is -2.40. The minimum atomic E-state index is -1.79. The van der Waals surface area contributed by atoms with Crippen molar-refractivity contribution in [1.82, 2.24) is 0 Å². The number of rotatable bonds is 8. The maximum absolute atomic E-state index is 11.4. The molecule has 0 radical (unpaired) electrons. The number of aliphatic hydroxyl groups is 3. The SMILES string of the molecule is Cc1c(C)c2c(c(C)c1O[C@H]1O[C@@H](C(=O)O)C(O)[C@@H](O)C1O)CCC(C)(CCCC(C)C(=O)O)O2. The van der Waals surface area contributed by atoms with Gasteiger partial charge in [0.15, 0.2) is 6.10 Å². The summed E-state index contributed by atoms with van der Waals surface area (Å²) in [5.41, 5.74) is 2.79. The largest absolute Gasteiger partial charge is 0.487 e. The van der Waals surface area contributed by atoms with Crippen LogP contribution in [0.25, 0.3) is 0 Å². The Hall–Kier alpha value is -2.40. The van der Waals surface area contributed by atoms with E-state index in [-0.39, 0.29) is 0 Å². The van der Waals surface area contributed by atoms with Crippen molar-refractivity contribution in [3.05, 3.63) is 22.3 Å². The zero-order valence-corrected chi connectivity index (χ0v) is 20.8. The summed E-state index contributed by atoms with van der Waals surface area (Å²) in [6.07, 6.45) is -4.99. The highest BCUT2D eigenvalue weighted by Gasteiger charge is 2.48. The van der Waals surface area contributed by atoms with Crippen LogP contribution in [-0.4, -0.2) is 73.8 Å². The van der Waals surface area contributed by atoms with Gasteiger partial charge < -0.3 is 39.7 Å². The number of benzene rings is 1. The number of aliphatic carboxylic acids is 2. The molecule has 1 aromatic rings. The molecule has 2 heterocycles. The summed E-state index contributed by atoms with van der Waals surface area (Å²) in [5.74, 6) is -1.53. The van der Waals surface area contributed by atoms with Crippen LogP contribution in [-0.2, 0) is 20.7 Å². The molecular formula is C25H36O10.